The highest BCUT2D eigenvalue weighted by Gasteiger charge is 2.48. The lowest BCUT2D eigenvalue weighted by Gasteiger charge is -2.41. The first-order valence-electron chi connectivity index (χ1n) is 20.5. The van der Waals surface area contributed by atoms with E-state index in [2.05, 4.69) is 111 Å². The Morgan fingerprint density at radius 3 is 1.54 bits per heavy atom. The molecule has 2 aliphatic rings. The second-order valence-corrected chi connectivity index (χ2v) is 15.3. The van der Waals surface area contributed by atoms with E-state index in [1.807, 2.05) is 0 Å². The van der Waals surface area contributed by atoms with Crippen molar-refractivity contribution in [2.75, 3.05) is 26.2 Å². The molecule has 0 saturated heterocycles. The van der Waals surface area contributed by atoms with Gasteiger partial charge in [0.15, 0.2) is 0 Å². The summed E-state index contributed by atoms with van der Waals surface area (Å²) in [6.45, 7) is 13.2. The highest BCUT2D eigenvalue weighted by Crippen LogP contribution is 2.55. The minimum absolute atomic E-state index is 0.104. The largest absolute Gasteiger partial charge is 0.411 e. The van der Waals surface area contributed by atoms with Crippen LogP contribution in [0.15, 0.2) is 70.8 Å². The van der Waals surface area contributed by atoms with E-state index in [9.17, 15) is 5.21 Å². The molecule has 4 rings (SSSR count). The normalized spacial score (nSPS) is 18.2. The number of fused-ring (bicyclic) bond motifs is 2. The van der Waals surface area contributed by atoms with Crippen LogP contribution >= 0.6 is 0 Å². The molecule has 0 amide bonds. The third-order valence-electron chi connectivity index (χ3n) is 11.5. The summed E-state index contributed by atoms with van der Waals surface area (Å²) < 4.78 is 0. The van der Waals surface area contributed by atoms with Crippen molar-refractivity contribution in [3.63, 3.8) is 0 Å². The maximum atomic E-state index is 10.7. The molecular weight excluding hydrogens is 611 g/mol. The van der Waals surface area contributed by atoms with E-state index in [1.54, 1.807) is 0 Å². The Hall–Kier alpha value is -2.98. The van der Waals surface area contributed by atoms with E-state index in [0.29, 0.717) is 6.42 Å². The van der Waals surface area contributed by atoms with E-state index in [0.717, 1.165) is 24.5 Å². The first-order valence-corrected chi connectivity index (χ1v) is 20.5. The Kier molecular flexibility index (Phi) is 17.6. The standard InChI is InChI=1S/C46H69N3O/c1-5-7-9-11-13-15-17-23-34-49(35-24-18-16-14-12-10-8-6-2)36-33-47-38(3)37-45(48-50)46(4,43-31-29-39-25-19-21-27-41(39)43)44-32-30-40-26-20-22-28-42(40)44/h19-22,25-32,43-44,50H,5-18,23-24,33-37H2,1-4H3. The quantitative estimate of drug-likeness (QED) is 0.0465. The van der Waals surface area contributed by atoms with E-state index in [-0.39, 0.29) is 11.8 Å². The number of oxime groups is 1. The second-order valence-electron chi connectivity index (χ2n) is 15.3. The van der Waals surface area contributed by atoms with Gasteiger partial charge in [-0.15, -0.1) is 0 Å². The van der Waals surface area contributed by atoms with Crippen molar-refractivity contribution in [3.05, 3.63) is 82.9 Å². The molecule has 50 heavy (non-hydrogen) atoms. The third kappa shape index (κ3) is 11.5. The van der Waals surface area contributed by atoms with Gasteiger partial charge in [0, 0.05) is 35.9 Å². The fraction of sp³-hybridized carbons (Fsp3) is 0.609. The van der Waals surface area contributed by atoms with Gasteiger partial charge in [0.2, 0.25) is 0 Å². The van der Waals surface area contributed by atoms with Crippen LogP contribution in [0.2, 0.25) is 0 Å². The van der Waals surface area contributed by atoms with E-state index in [4.69, 9.17) is 4.99 Å². The number of benzene rings is 2. The van der Waals surface area contributed by atoms with E-state index in [1.165, 1.54) is 138 Å². The number of aliphatic imine (C=N–C) groups is 1. The number of nitrogens with zero attached hydrogens (tertiary/aromatic N) is 3. The molecule has 0 bridgehead atoms. The smallest absolute Gasteiger partial charge is 0.0703 e. The fourth-order valence-corrected chi connectivity index (χ4v) is 8.39. The van der Waals surface area contributed by atoms with Crippen LogP contribution in [0.5, 0.6) is 0 Å². The molecule has 0 heterocycles. The van der Waals surface area contributed by atoms with Crippen molar-refractivity contribution in [1.82, 2.24) is 4.90 Å². The molecule has 0 radical (unpaired) electrons. The van der Waals surface area contributed by atoms with Gasteiger partial charge in [-0.3, -0.25) is 4.99 Å². The molecule has 0 aliphatic heterocycles. The van der Waals surface area contributed by atoms with Crippen molar-refractivity contribution in [3.8, 4) is 0 Å². The minimum Gasteiger partial charge on any atom is -0.411 e. The number of allylic oxidation sites excluding steroid dienone is 2. The average molecular weight is 680 g/mol. The summed E-state index contributed by atoms with van der Waals surface area (Å²) in [5.41, 5.74) is 6.54. The summed E-state index contributed by atoms with van der Waals surface area (Å²) in [5, 5.41) is 14.8. The highest BCUT2D eigenvalue weighted by atomic mass is 16.4. The van der Waals surface area contributed by atoms with Gasteiger partial charge in [-0.05, 0) is 55.1 Å². The van der Waals surface area contributed by atoms with E-state index >= 15 is 0 Å². The molecule has 4 nitrogen and oxygen atoms in total. The fourth-order valence-electron chi connectivity index (χ4n) is 8.39. The van der Waals surface area contributed by atoms with Gasteiger partial charge in [0.25, 0.3) is 0 Å². The summed E-state index contributed by atoms with van der Waals surface area (Å²) in [6.07, 6.45) is 31.5. The Bertz CT molecular complexity index is 1310. The summed E-state index contributed by atoms with van der Waals surface area (Å²) >= 11 is 0. The molecule has 0 saturated carbocycles. The SMILES string of the molecule is CCCCCCCCCCN(CCCCCCCCCC)CCN=C(C)CC(=NO)C(C)(C1C=Cc2ccccc21)C1C=Cc2ccccc21. The molecule has 0 spiro atoms. The molecule has 2 aromatic rings. The van der Waals surface area contributed by atoms with Crippen LogP contribution in [0.25, 0.3) is 12.2 Å². The Labute approximate surface area is 306 Å². The lowest BCUT2D eigenvalue weighted by Crippen LogP contribution is -2.39. The number of unbranched alkanes of at least 4 members (excludes halogenated alkanes) is 14. The summed E-state index contributed by atoms with van der Waals surface area (Å²) in [4.78, 5) is 7.80. The van der Waals surface area contributed by atoms with Crippen molar-refractivity contribution in [2.45, 2.75) is 149 Å². The molecule has 2 aliphatic carbocycles. The third-order valence-corrected chi connectivity index (χ3v) is 11.5. The van der Waals surface area contributed by atoms with Gasteiger partial charge in [0.1, 0.15) is 0 Å². The highest BCUT2D eigenvalue weighted by molar-refractivity contribution is 6.07. The maximum absolute atomic E-state index is 10.7. The summed E-state index contributed by atoms with van der Waals surface area (Å²) in [7, 11) is 0. The number of rotatable bonds is 26. The monoisotopic (exact) mass is 680 g/mol. The minimum atomic E-state index is -0.448. The van der Waals surface area contributed by atoms with Crippen LogP contribution in [-0.4, -0.2) is 47.7 Å². The molecule has 1 N–H and O–H groups in total. The van der Waals surface area contributed by atoms with Gasteiger partial charge in [0.05, 0.1) is 12.3 Å². The van der Waals surface area contributed by atoms with Gasteiger partial charge in [-0.2, -0.15) is 0 Å². The van der Waals surface area contributed by atoms with E-state index < -0.39 is 5.41 Å². The molecule has 2 aromatic carbocycles. The average Bonchev–Trinajstić information content (AvgIpc) is 3.78. The Balaban J connectivity index is 1.38. The van der Waals surface area contributed by atoms with Crippen molar-refractivity contribution in [2.24, 2.45) is 15.6 Å². The molecule has 0 fully saturated rings. The molecule has 274 valence electrons. The van der Waals surface area contributed by atoms with Crippen LogP contribution in [-0.2, 0) is 0 Å². The van der Waals surface area contributed by atoms with Crippen molar-refractivity contribution < 1.29 is 5.21 Å². The topological polar surface area (TPSA) is 48.2 Å². The van der Waals surface area contributed by atoms with Gasteiger partial charge >= 0.3 is 0 Å². The maximum Gasteiger partial charge on any atom is 0.0703 e. The first kappa shape index (κ1) is 39.8. The molecule has 0 aromatic heterocycles. The van der Waals surface area contributed by atoms with Gasteiger partial charge in [-0.25, -0.2) is 0 Å². The van der Waals surface area contributed by atoms with Crippen molar-refractivity contribution >= 4 is 23.6 Å². The molecular formula is C46H69N3O. The van der Waals surface area contributed by atoms with Crippen LogP contribution in [0, 0.1) is 5.41 Å². The predicted octanol–water partition coefficient (Wildman–Crippen LogP) is 12.9. The molecule has 4 heteroatoms. The second kappa shape index (κ2) is 22.1. The lowest BCUT2D eigenvalue weighted by molar-refractivity contribution is 0.267. The summed E-state index contributed by atoms with van der Waals surface area (Å²) in [6, 6.07) is 17.4. The zero-order chi connectivity index (χ0) is 35.4. The predicted molar refractivity (Wildman–Crippen MR) is 218 cm³/mol. The Morgan fingerprint density at radius 2 is 1.08 bits per heavy atom. The van der Waals surface area contributed by atoms with Crippen LogP contribution in [0.1, 0.15) is 171 Å². The van der Waals surface area contributed by atoms with Crippen LogP contribution < -0.4 is 0 Å². The van der Waals surface area contributed by atoms with Crippen LogP contribution in [0.3, 0.4) is 0 Å². The molecule has 2 atom stereocenters. The lowest BCUT2D eigenvalue weighted by atomic mass is 9.61. The number of hydrogen-bond acceptors (Lipinski definition) is 4. The van der Waals surface area contributed by atoms with Gasteiger partial charge in [-0.1, -0.05) is 189 Å². The Morgan fingerprint density at radius 1 is 0.640 bits per heavy atom. The number of hydrogen-bond donors (Lipinski definition) is 1. The van der Waals surface area contributed by atoms with Crippen molar-refractivity contribution in [1.29, 1.82) is 0 Å². The van der Waals surface area contributed by atoms with Gasteiger partial charge < -0.3 is 10.1 Å². The molecule has 2 unspecified atom stereocenters. The summed E-state index contributed by atoms with van der Waals surface area (Å²) in [5.74, 6) is 0.207. The van der Waals surface area contributed by atoms with Crippen LogP contribution in [0.4, 0.5) is 0 Å². The zero-order valence-corrected chi connectivity index (χ0v) is 32.2. The first-order chi connectivity index (χ1) is 24.5. The zero-order valence-electron chi connectivity index (χ0n) is 32.2.